The summed E-state index contributed by atoms with van der Waals surface area (Å²) >= 11 is 0. The Balaban J connectivity index is 1.85. The van der Waals surface area contributed by atoms with Gasteiger partial charge in [-0.1, -0.05) is 55.5 Å². The molecule has 0 aliphatic rings. The molecule has 0 bridgehead atoms. The number of nitrogens with zero attached hydrogens (tertiary/aromatic N) is 1. The molecule has 3 aromatic rings. The normalized spacial score (nSPS) is 12.0. The lowest BCUT2D eigenvalue weighted by Gasteiger charge is -2.30. The zero-order chi connectivity index (χ0) is 25.6. The maximum Gasteiger partial charge on any atom is 0.253 e. The Hall–Kier alpha value is -3.65. The van der Waals surface area contributed by atoms with Gasteiger partial charge in [0.2, 0.25) is 15.9 Å². The van der Waals surface area contributed by atoms with E-state index in [0.29, 0.717) is 23.5 Å². The molecular weight excluding hydrogens is 462 g/mol. The van der Waals surface area contributed by atoms with Crippen LogP contribution in [0.1, 0.15) is 40.4 Å². The Labute approximate surface area is 207 Å². The molecule has 0 spiro atoms. The number of anilines is 2. The second kappa shape index (κ2) is 11.2. The van der Waals surface area contributed by atoms with Gasteiger partial charge < -0.3 is 10.6 Å². The molecule has 0 aromatic heterocycles. The van der Waals surface area contributed by atoms with Crippen molar-refractivity contribution in [1.82, 2.24) is 5.32 Å². The quantitative estimate of drug-likeness (QED) is 0.461. The van der Waals surface area contributed by atoms with E-state index >= 15 is 0 Å². The summed E-state index contributed by atoms with van der Waals surface area (Å²) in [6.07, 6.45) is 1.33. The molecule has 0 unspecified atom stereocenters. The van der Waals surface area contributed by atoms with Crippen molar-refractivity contribution < 1.29 is 18.0 Å². The van der Waals surface area contributed by atoms with Crippen molar-refractivity contribution in [1.29, 1.82) is 0 Å². The first-order chi connectivity index (χ1) is 16.6. The number of rotatable bonds is 9. The highest BCUT2D eigenvalue weighted by atomic mass is 32.2. The van der Waals surface area contributed by atoms with E-state index in [2.05, 4.69) is 10.6 Å². The first kappa shape index (κ1) is 26.0. The number of hydrogen-bond donors (Lipinski definition) is 2. The van der Waals surface area contributed by atoms with Gasteiger partial charge in [0.1, 0.15) is 6.04 Å². The van der Waals surface area contributed by atoms with Crippen LogP contribution in [0.2, 0.25) is 0 Å². The second-order valence-electron chi connectivity index (χ2n) is 8.45. The smallest absolute Gasteiger partial charge is 0.253 e. The zero-order valence-electron chi connectivity index (χ0n) is 20.4. The van der Waals surface area contributed by atoms with E-state index < -0.39 is 22.0 Å². The van der Waals surface area contributed by atoms with E-state index in [4.69, 9.17) is 0 Å². The van der Waals surface area contributed by atoms with Crippen molar-refractivity contribution in [3.8, 4) is 0 Å². The van der Waals surface area contributed by atoms with E-state index in [1.807, 2.05) is 50.2 Å². The van der Waals surface area contributed by atoms with Crippen LogP contribution in [0.4, 0.5) is 11.4 Å². The number of carbonyl (C=O) groups excluding carboxylic acids is 2. The van der Waals surface area contributed by atoms with Gasteiger partial charge in [-0.2, -0.15) is 0 Å². The van der Waals surface area contributed by atoms with E-state index in [1.54, 1.807) is 43.3 Å². The molecule has 0 radical (unpaired) electrons. The molecule has 0 saturated heterocycles. The van der Waals surface area contributed by atoms with Crippen LogP contribution >= 0.6 is 0 Å². The fourth-order valence-corrected chi connectivity index (χ4v) is 5.01. The largest absolute Gasteiger partial charge is 0.348 e. The maximum atomic E-state index is 13.4. The first-order valence-corrected chi connectivity index (χ1v) is 13.2. The Morgan fingerprint density at radius 2 is 1.57 bits per heavy atom. The van der Waals surface area contributed by atoms with Crippen molar-refractivity contribution in [2.75, 3.05) is 15.9 Å². The molecule has 0 saturated carbocycles. The van der Waals surface area contributed by atoms with Gasteiger partial charge in [0.05, 0.1) is 23.2 Å². The standard InChI is InChI=1S/C27H31N3O4S/c1-5-25(30(35(4,33)34)22-16-15-19(2)20(3)17-22)27(32)29-24-14-10-9-13-23(24)26(31)28-18-21-11-7-6-8-12-21/h6-17,25H,5,18H2,1-4H3,(H,28,31)(H,29,32)/t25-/m1/s1. The highest BCUT2D eigenvalue weighted by Gasteiger charge is 2.32. The summed E-state index contributed by atoms with van der Waals surface area (Å²) in [6, 6.07) is 20.5. The maximum absolute atomic E-state index is 13.4. The number of amides is 2. The van der Waals surface area contributed by atoms with Gasteiger partial charge in [0.25, 0.3) is 5.91 Å². The van der Waals surface area contributed by atoms with Gasteiger partial charge in [-0.15, -0.1) is 0 Å². The van der Waals surface area contributed by atoms with Gasteiger partial charge in [-0.05, 0) is 61.2 Å². The van der Waals surface area contributed by atoms with E-state index in [0.717, 1.165) is 27.3 Å². The minimum absolute atomic E-state index is 0.244. The SMILES string of the molecule is CC[C@H](C(=O)Nc1ccccc1C(=O)NCc1ccccc1)N(c1ccc(C)c(C)c1)S(C)(=O)=O. The molecule has 1 atom stereocenters. The van der Waals surface area contributed by atoms with Crippen LogP contribution in [0.15, 0.2) is 72.8 Å². The molecule has 0 aliphatic heterocycles. The number of aryl methyl sites for hydroxylation is 2. The molecule has 0 aliphatic carbocycles. The third-order valence-electron chi connectivity index (χ3n) is 5.80. The fourth-order valence-electron chi connectivity index (χ4n) is 3.80. The lowest BCUT2D eigenvalue weighted by Crippen LogP contribution is -2.47. The van der Waals surface area contributed by atoms with Crippen LogP contribution in [0.5, 0.6) is 0 Å². The summed E-state index contributed by atoms with van der Waals surface area (Å²) in [4.78, 5) is 26.2. The van der Waals surface area contributed by atoms with Crippen molar-refractivity contribution >= 4 is 33.2 Å². The van der Waals surface area contributed by atoms with Crippen molar-refractivity contribution in [3.05, 3.63) is 95.1 Å². The number of hydrogen-bond acceptors (Lipinski definition) is 4. The number of nitrogens with one attached hydrogen (secondary N) is 2. The van der Waals surface area contributed by atoms with Crippen LogP contribution in [0.3, 0.4) is 0 Å². The van der Waals surface area contributed by atoms with Crippen molar-refractivity contribution in [3.63, 3.8) is 0 Å². The van der Waals surface area contributed by atoms with E-state index in [-0.39, 0.29) is 12.3 Å². The van der Waals surface area contributed by atoms with Crippen LogP contribution in [-0.4, -0.2) is 32.5 Å². The molecule has 3 rings (SSSR count). The Bertz CT molecular complexity index is 1310. The average molecular weight is 494 g/mol. The van der Waals surface area contributed by atoms with Crippen LogP contribution in [0, 0.1) is 13.8 Å². The van der Waals surface area contributed by atoms with E-state index in [1.165, 1.54) is 0 Å². The number of sulfonamides is 1. The van der Waals surface area contributed by atoms with Crippen molar-refractivity contribution in [2.24, 2.45) is 0 Å². The lowest BCUT2D eigenvalue weighted by atomic mass is 10.1. The van der Waals surface area contributed by atoms with Crippen LogP contribution in [0.25, 0.3) is 0 Å². The predicted molar refractivity (Wildman–Crippen MR) is 140 cm³/mol. The lowest BCUT2D eigenvalue weighted by molar-refractivity contribution is -0.117. The second-order valence-corrected chi connectivity index (χ2v) is 10.3. The fraction of sp³-hybridized carbons (Fsp3) is 0.259. The molecule has 2 N–H and O–H groups in total. The molecule has 2 amide bonds. The zero-order valence-corrected chi connectivity index (χ0v) is 21.2. The minimum atomic E-state index is -3.77. The molecule has 0 heterocycles. The number of para-hydroxylation sites is 1. The minimum Gasteiger partial charge on any atom is -0.348 e. The highest BCUT2D eigenvalue weighted by Crippen LogP contribution is 2.26. The van der Waals surface area contributed by atoms with E-state index in [9.17, 15) is 18.0 Å². The van der Waals surface area contributed by atoms with Gasteiger partial charge in [-0.25, -0.2) is 8.42 Å². The van der Waals surface area contributed by atoms with Gasteiger partial charge in [0.15, 0.2) is 0 Å². The predicted octanol–water partition coefficient (Wildman–Crippen LogP) is 4.42. The molecule has 35 heavy (non-hydrogen) atoms. The van der Waals surface area contributed by atoms with Crippen molar-refractivity contribution in [2.45, 2.75) is 39.8 Å². The molecule has 7 nitrogen and oxygen atoms in total. The summed E-state index contributed by atoms with van der Waals surface area (Å²) in [5.74, 6) is -0.855. The van der Waals surface area contributed by atoms with Gasteiger partial charge in [-0.3, -0.25) is 13.9 Å². The molecular formula is C27H31N3O4S. The van der Waals surface area contributed by atoms with Crippen LogP contribution in [-0.2, 0) is 21.4 Å². The summed E-state index contributed by atoms with van der Waals surface area (Å²) in [6.45, 7) is 5.93. The Morgan fingerprint density at radius 3 is 2.20 bits per heavy atom. The number of benzene rings is 3. The summed E-state index contributed by atoms with van der Waals surface area (Å²) in [5, 5.41) is 5.64. The molecule has 8 heteroatoms. The topological polar surface area (TPSA) is 95.6 Å². The highest BCUT2D eigenvalue weighted by molar-refractivity contribution is 7.92. The van der Waals surface area contributed by atoms with Crippen LogP contribution < -0.4 is 14.9 Å². The number of carbonyl (C=O) groups is 2. The first-order valence-electron chi connectivity index (χ1n) is 11.4. The van der Waals surface area contributed by atoms with Gasteiger partial charge >= 0.3 is 0 Å². The third-order valence-corrected chi connectivity index (χ3v) is 6.98. The van der Waals surface area contributed by atoms with Gasteiger partial charge in [0, 0.05) is 6.54 Å². The Morgan fingerprint density at radius 1 is 0.914 bits per heavy atom. The molecule has 184 valence electrons. The summed E-state index contributed by atoms with van der Waals surface area (Å²) in [7, 11) is -3.77. The summed E-state index contributed by atoms with van der Waals surface area (Å²) in [5.41, 5.74) is 3.93. The molecule has 0 fully saturated rings. The Kier molecular flexibility index (Phi) is 8.30. The third kappa shape index (κ3) is 6.48. The monoisotopic (exact) mass is 493 g/mol. The average Bonchev–Trinajstić information content (AvgIpc) is 2.83. The molecule has 3 aromatic carbocycles. The summed E-state index contributed by atoms with van der Waals surface area (Å²) < 4.78 is 26.7.